The summed E-state index contributed by atoms with van der Waals surface area (Å²) in [4.78, 5) is 12.6. The summed E-state index contributed by atoms with van der Waals surface area (Å²) in [5, 5.41) is 2.71. The molecule has 0 bridgehead atoms. The van der Waals surface area contributed by atoms with E-state index >= 15 is 0 Å². The maximum absolute atomic E-state index is 12.7. The maximum atomic E-state index is 12.7. The maximum Gasteiger partial charge on any atom is 0.243 e. The average molecular weight is 372 g/mol. The predicted molar refractivity (Wildman–Crippen MR) is 88.6 cm³/mol. The number of nitrogens with one attached hydrogen (secondary N) is 1. The van der Waals surface area contributed by atoms with Crippen LogP contribution in [0, 0.1) is 0 Å². The standard InChI is InChI=1S/C15H20N2O5S2/c18-15(16-12-8-10-23(19,20)11-12)14-7-4-9-17(14)24(21,22)13-5-2-1-3-6-13/h1-3,5-6,12,14H,4,7-11H2,(H,16,18)/t12-,14-/m0/s1. The molecule has 9 heteroatoms. The second-order valence-electron chi connectivity index (χ2n) is 6.20. The molecule has 3 rings (SSSR count). The Morgan fingerprint density at radius 3 is 2.50 bits per heavy atom. The Kier molecular flexibility index (Phi) is 4.67. The summed E-state index contributed by atoms with van der Waals surface area (Å²) in [7, 11) is -6.83. The van der Waals surface area contributed by atoms with Gasteiger partial charge in [-0.25, -0.2) is 16.8 Å². The van der Waals surface area contributed by atoms with E-state index in [1.807, 2.05) is 0 Å². The monoisotopic (exact) mass is 372 g/mol. The molecule has 2 heterocycles. The topological polar surface area (TPSA) is 101 Å². The van der Waals surface area contributed by atoms with Gasteiger partial charge < -0.3 is 5.32 Å². The molecule has 2 fully saturated rings. The highest BCUT2D eigenvalue weighted by molar-refractivity contribution is 7.91. The van der Waals surface area contributed by atoms with Crippen LogP contribution in [-0.2, 0) is 24.7 Å². The molecule has 0 aliphatic carbocycles. The second-order valence-corrected chi connectivity index (χ2v) is 10.3. The van der Waals surface area contributed by atoms with Crippen LogP contribution in [-0.4, -0.2) is 57.2 Å². The molecule has 2 aliphatic rings. The fourth-order valence-corrected chi connectivity index (χ4v) is 6.57. The van der Waals surface area contributed by atoms with Crippen molar-refractivity contribution in [2.75, 3.05) is 18.1 Å². The zero-order valence-electron chi connectivity index (χ0n) is 13.1. The van der Waals surface area contributed by atoms with Crippen LogP contribution in [0.4, 0.5) is 0 Å². The molecular weight excluding hydrogens is 352 g/mol. The van der Waals surface area contributed by atoms with Gasteiger partial charge in [0.1, 0.15) is 6.04 Å². The Morgan fingerprint density at radius 2 is 1.88 bits per heavy atom. The molecule has 7 nitrogen and oxygen atoms in total. The van der Waals surface area contributed by atoms with Gasteiger partial charge >= 0.3 is 0 Å². The lowest BCUT2D eigenvalue weighted by molar-refractivity contribution is -0.124. The molecule has 0 saturated carbocycles. The van der Waals surface area contributed by atoms with Crippen molar-refractivity contribution in [3.63, 3.8) is 0 Å². The van der Waals surface area contributed by atoms with Crippen molar-refractivity contribution in [3.8, 4) is 0 Å². The van der Waals surface area contributed by atoms with Gasteiger partial charge in [0.05, 0.1) is 16.4 Å². The van der Waals surface area contributed by atoms with Gasteiger partial charge in [-0.3, -0.25) is 4.79 Å². The largest absolute Gasteiger partial charge is 0.351 e. The highest BCUT2D eigenvalue weighted by Gasteiger charge is 2.40. The van der Waals surface area contributed by atoms with Crippen LogP contribution in [0.5, 0.6) is 0 Å². The summed E-state index contributed by atoms with van der Waals surface area (Å²) in [6, 6.07) is 6.82. The fraction of sp³-hybridized carbons (Fsp3) is 0.533. The Bertz CT molecular complexity index is 821. The lowest BCUT2D eigenvalue weighted by Crippen LogP contribution is -2.49. The molecule has 0 aromatic heterocycles. The summed E-state index contributed by atoms with van der Waals surface area (Å²) < 4.78 is 49.7. The lowest BCUT2D eigenvalue weighted by atomic mass is 10.2. The number of hydrogen-bond acceptors (Lipinski definition) is 5. The van der Waals surface area contributed by atoms with Crippen LogP contribution >= 0.6 is 0 Å². The Balaban J connectivity index is 1.75. The third-order valence-electron chi connectivity index (χ3n) is 4.43. The average Bonchev–Trinajstić information content (AvgIpc) is 3.15. The van der Waals surface area contributed by atoms with Gasteiger partial charge in [-0.1, -0.05) is 18.2 Å². The van der Waals surface area contributed by atoms with E-state index in [4.69, 9.17) is 0 Å². The highest BCUT2D eigenvalue weighted by Crippen LogP contribution is 2.26. The number of benzene rings is 1. The summed E-state index contributed by atoms with van der Waals surface area (Å²) in [6.45, 7) is 0.290. The molecule has 2 saturated heterocycles. The number of hydrogen-bond donors (Lipinski definition) is 1. The number of sulfonamides is 1. The zero-order valence-corrected chi connectivity index (χ0v) is 14.7. The van der Waals surface area contributed by atoms with E-state index in [9.17, 15) is 21.6 Å². The molecule has 2 aliphatic heterocycles. The van der Waals surface area contributed by atoms with E-state index in [0.717, 1.165) is 0 Å². The van der Waals surface area contributed by atoms with Crippen LogP contribution in [0.3, 0.4) is 0 Å². The summed E-state index contributed by atoms with van der Waals surface area (Å²) in [5.74, 6) is -0.417. The minimum absolute atomic E-state index is 0.0641. The fourth-order valence-electron chi connectivity index (χ4n) is 3.22. The van der Waals surface area contributed by atoms with Gasteiger partial charge in [0.2, 0.25) is 15.9 Å². The van der Waals surface area contributed by atoms with Crippen LogP contribution in [0.1, 0.15) is 19.3 Å². The zero-order chi connectivity index (χ0) is 17.4. The minimum Gasteiger partial charge on any atom is -0.351 e. The van der Waals surface area contributed by atoms with Gasteiger partial charge in [0, 0.05) is 12.6 Å². The van der Waals surface area contributed by atoms with Crippen LogP contribution in [0.25, 0.3) is 0 Å². The van der Waals surface area contributed by atoms with Crippen LogP contribution in [0.2, 0.25) is 0 Å². The number of nitrogens with zero attached hydrogens (tertiary/aromatic N) is 1. The smallest absolute Gasteiger partial charge is 0.243 e. The quantitative estimate of drug-likeness (QED) is 0.810. The SMILES string of the molecule is O=C(N[C@H]1CCS(=O)(=O)C1)[C@@H]1CCCN1S(=O)(=O)c1ccccc1. The van der Waals surface area contributed by atoms with Gasteiger partial charge in [0.15, 0.2) is 9.84 Å². The summed E-state index contributed by atoms with van der Waals surface area (Å²) in [6.07, 6.45) is 1.43. The van der Waals surface area contributed by atoms with E-state index in [0.29, 0.717) is 19.3 Å². The molecule has 1 N–H and O–H groups in total. The molecule has 1 aromatic carbocycles. The Labute approximate surface area is 142 Å². The molecular formula is C15H20N2O5S2. The van der Waals surface area contributed by atoms with E-state index in [1.165, 1.54) is 16.4 Å². The molecule has 1 amide bonds. The van der Waals surface area contributed by atoms with Gasteiger partial charge in [-0.15, -0.1) is 0 Å². The first-order valence-corrected chi connectivity index (χ1v) is 11.1. The Hall–Kier alpha value is -1.45. The van der Waals surface area contributed by atoms with Crippen molar-refractivity contribution < 1.29 is 21.6 Å². The molecule has 132 valence electrons. The van der Waals surface area contributed by atoms with Gasteiger partial charge in [0.25, 0.3) is 0 Å². The third kappa shape index (κ3) is 3.47. The highest BCUT2D eigenvalue weighted by atomic mass is 32.2. The van der Waals surface area contributed by atoms with Gasteiger partial charge in [-0.05, 0) is 31.4 Å². The molecule has 1 aromatic rings. The first-order chi connectivity index (χ1) is 11.3. The summed E-state index contributed by atoms with van der Waals surface area (Å²) >= 11 is 0. The summed E-state index contributed by atoms with van der Waals surface area (Å²) in [5.41, 5.74) is 0. The van der Waals surface area contributed by atoms with Crippen molar-refractivity contribution in [2.24, 2.45) is 0 Å². The molecule has 0 spiro atoms. The van der Waals surface area contributed by atoms with E-state index in [1.54, 1.807) is 18.2 Å². The molecule has 2 atom stereocenters. The van der Waals surface area contributed by atoms with Crippen molar-refractivity contribution in [1.82, 2.24) is 9.62 Å². The van der Waals surface area contributed by atoms with Gasteiger partial charge in [-0.2, -0.15) is 4.31 Å². The van der Waals surface area contributed by atoms with Crippen molar-refractivity contribution in [1.29, 1.82) is 0 Å². The van der Waals surface area contributed by atoms with Crippen LogP contribution in [0.15, 0.2) is 35.2 Å². The Morgan fingerprint density at radius 1 is 1.17 bits per heavy atom. The first-order valence-electron chi connectivity index (χ1n) is 7.87. The molecule has 24 heavy (non-hydrogen) atoms. The van der Waals surface area contributed by atoms with E-state index in [-0.39, 0.29) is 22.9 Å². The first kappa shape index (κ1) is 17.4. The number of carbonyl (C=O) groups is 1. The minimum atomic E-state index is -3.74. The van der Waals surface area contributed by atoms with E-state index < -0.39 is 37.9 Å². The number of amides is 1. The van der Waals surface area contributed by atoms with Crippen molar-refractivity contribution >= 4 is 25.8 Å². The third-order valence-corrected chi connectivity index (χ3v) is 8.13. The van der Waals surface area contributed by atoms with Crippen molar-refractivity contribution in [2.45, 2.75) is 36.2 Å². The number of rotatable bonds is 4. The van der Waals surface area contributed by atoms with E-state index in [2.05, 4.69) is 5.32 Å². The second kappa shape index (κ2) is 6.45. The molecule has 0 unspecified atom stereocenters. The number of sulfone groups is 1. The normalized spacial score (nSPS) is 27.2. The van der Waals surface area contributed by atoms with Crippen LogP contribution < -0.4 is 5.32 Å². The lowest BCUT2D eigenvalue weighted by Gasteiger charge is -2.24. The number of carbonyl (C=O) groups excluding carboxylic acids is 1. The van der Waals surface area contributed by atoms with Crippen molar-refractivity contribution in [3.05, 3.63) is 30.3 Å². The molecule has 0 radical (unpaired) electrons. The predicted octanol–water partition coefficient (Wildman–Crippen LogP) is 0.143.